The van der Waals surface area contributed by atoms with Crippen LogP contribution in [0.25, 0.3) is 5.69 Å². The molecule has 2 amide bonds. The number of rotatable bonds is 4. The van der Waals surface area contributed by atoms with Gasteiger partial charge in [0.2, 0.25) is 0 Å². The molecule has 0 spiro atoms. The summed E-state index contributed by atoms with van der Waals surface area (Å²) in [5, 5.41) is 15.2. The third-order valence-electron chi connectivity index (χ3n) is 4.91. The lowest BCUT2D eigenvalue weighted by molar-refractivity contribution is 0.191. The van der Waals surface area contributed by atoms with Crippen molar-refractivity contribution in [3.05, 3.63) is 60.4 Å². The third kappa shape index (κ3) is 3.80. The summed E-state index contributed by atoms with van der Waals surface area (Å²) in [6, 6.07) is 17.0. The summed E-state index contributed by atoms with van der Waals surface area (Å²) >= 11 is 0. The highest BCUT2D eigenvalue weighted by atomic mass is 16.5. The summed E-state index contributed by atoms with van der Waals surface area (Å²) in [5.74, 6) is 1.63. The van der Waals surface area contributed by atoms with Crippen molar-refractivity contribution in [2.45, 2.75) is 18.8 Å². The molecule has 1 N–H and O–H groups in total. The van der Waals surface area contributed by atoms with Gasteiger partial charge >= 0.3 is 6.03 Å². The number of nitrogens with zero attached hydrogens (tertiary/aromatic N) is 5. The first-order valence-corrected chi connectivity index (χ1v) is 9.28. The third-order valence-corrected chi connectivity index (χ3v) is 4.91. The number of methoxy groups -OCH3 is 1. The summed E-state index contributed by atoms with van der Waals surface area (Å²) in [4.78, 5) is 14.5. The lowest BCUT2D eigenvalue weighted by atomic mass is 9.97. The van der Waals surface area contributed by atoms with Crippen molar-refractivity contribution >= 4 is 11.7 Å². The van der Waals surface area contributed by atoms with Gasteiger partial charge < -0.3 is 15.0 Å². The Labute approximate surface area is 163 Å². The number of para-hydroxylation sites is 1. The van der Waals surface area contributed by atoms with Gasteiger partial charge in [-0.1, -0.05) is 18.2 Å². The maximum atomic E-state index is 12.7. The lowest BCUT2D eigenvalue weighted by Crippen LogP contribution is -2.42. The molecular weight excluding hydrogens is 356 g/mol. The van der Waals surface area contributed by atoms with Crippen LogP contribution in [0.3, 0.4) is 0 Å². The standard InChI is InChI=1S/C20H22N6O2/c1-28-18-11-9-16(10-12-18)21-20(27)25-13-5-6-15(14-25)19-22-23-24-26(19)17-7-3-2-4-8-17/h2-4,7-12,15H,5-6,13-14H2,1H3,(H,21,27). The smallest absolute Gasteiger partial charge is 0.321 e. The van der Waals surface area contributed by atoms with Crippen molar-refractivity contribution in [2.75, 3.05) is 25.5 Å². The molecule has 144 valence electrons. The molecule has 0 aliphatic carbocycles. The van der Waals surface area contributed by atoms with Gasteiger partial charge in [-0.2, -0.15) is 4.68 Å². The van der Waals surface area contributed by atoms with Crippen LogP contribution in [0.2, 0.25) is 0 Å². The van der Waals surface area contributed by atoms with E-state index in [4.69, 9.17) is 4.74 Å². The Morgan fingerprint density at radius 1 is 1.14 bits per heavy atom. The quantitative estimate of drug-likeness (QED) is 0.754. The van der Waals surface area contributed by atoms with Crippen LogP contribution in [-0.2, 0) is 0 Å². The number of carbonyl (C=O) groups is 1. The second kappa shape index (κ2) is 8.08. The molecule has 0 bridgehead atoms. The van der Waals surface area contributed by atoms with Crippen molar-refractivity contribution in [3.8, 4) is 11.4 Å². The van der Waals surface area contributed by atoms with E-state index in [9.17, 15) is 4.79 Å². The Kier molecular flexibility index (Phi) is 5.18. The first-order valence-electron chi connectivity index (χ1n) is 9.28. The summed E-state index contributed by atoms with van der Waals surface area (Å²) in [6.45, 7) is 1.29. The Balaban J connectivity index is 1.46. The zero-order chi connectivity index (χ0) is 19.3. The van der Waals surface area contributed by atoms with E-state index >= 15 is 0 Å². The topological polar surface area (TPSA) is 85.2 Å². The molecule has 2 aromatic carbocycles. The number of piperidine rings is 1. The highest BCUT2D eigenvalue weighted by molar-refractivity contribution is 5.89. The Bertz CT molecular complexity index is 925. The fourth-order valence-electron chi connectivity index (χ4n) is 3.45. The minimum atomic E-state index is -0.117. The normalized spacial score (nSPS) is 16.6. The Morgan fingerprint density at radius 3 is 2.68 bits per heavy atom. The second-order valence-electron chi connectivity index (χ2n) is 6.73. The number of nitrogens with one attached hydrogen (secondary N) is 1. The molecule has 8 heteroatoms. The summed E-state index contributed by atoms with van der Waals surface area (Å²) in [5.41, 5.74) is 1.66. The van der Waals surface area contributed by atoms with Crippen LogP contribution in [0.1, 0.15) is 24.6 Å². The minimum absolute atomic E-state index is 0.0885. The number of carbonyl (C=O) groups excluding carboxylic acids is 1. The largest absolute Gasteiger partial charge is 0.497 e. The fraction of sp³-hybridized carbons (Fsp3) is 0.300. The number of tetrazole rings is 1. The van der Waals surface area contributed by atoms with E-state index in [1.54, 1.807) is 11.8 Å². The van der Waals surface area contributed by atoms with Gasteiger partial charge in [-0.15, -0.1) is 5.10 Å². The molecule has 1 saturated heterocycles. The van der Waals surface area contributed by atoms with E-state index in [0.29, 0.717) is 13.1 Å². The number of benzene rings is 2. The first kappa shape index (κ1) is 18.0. The Hall–Kier alpha value is -3.42. The molecule has 4 rings (SSSR count). The van der Waals surface area contributed by atoms with Crippen molar-refractivity contribution in [2.24, 2.45) is 0 Å². The minimum Gasteiger partial charge on any atom is -0.497 e. The molecule has 8 nitrogen and oxygen atoms in total. The first-order chi connectivity index (χ1) is 13.7. The molecule has 1 fully saturated rings. The predicted octanol–water partition coefficient (Wildman–Crippen LogP) is 3.08. The van der Waals surface area contributed by atoms with Crippen LogP contribution < -0.4 is 10.1 Å². The number of amides is 2. The van der Waals surface area contributed by atoms with Gasteiger partial charge in [-0.05, 0) is 59.7 Å². The highest BCUT2D eigenvalue weighted by Gasteiger charge is 2.29. The van der Waals surface area contributed by atoms with Gasteiger partial charge in [-0.25, -0.2) is 4.79 Å². The lowest BCUT2D eigenvalue weighted by Gasteiger charge is -2.32. The van der Waals surface area contributed by atoms with Gasteiger partial charge in [0.25, 0.3) is 0 Å². The molecule has 1 aliphatic rings. The zero-order valence-electron chi connectivity index (χ0n) is 15.7. The van der Waals surface area contributed by atoms with Gasteiger partial charge in [-0.3, -0.25) is 0 Å². The zero-order valence-corrected chi connectivity index (χ0v) is 15.7. The number of aromatic nitrogens is 4. The molecular formula is C20H22N6O2. The molecule has 28 heavy (non-hydrogen) atoms. The number of anilines is 1. The van der Waals surface area contributed by atoms with Crippen LogP contribution in [0, 0.1) is 0 Å². The van der Waals surface area contributed by atoms with Gasteiger partial charge in [0.1, 0.15) is 5.75 Å². The summed E-state index contributed by atoms with van der Waals surface area (Å²) in [7, 11) is 1.62. The average molecular weight is 378 g/mol. The predicted molar refractivity (Wildman–Crippen MR) is 105 cm³/mol. The summed E-state index contributed by atoms with van der Waals surface area (Å²) in [6.07, 6.45) is 1.85. The van der Waals surface area contributed by atoms with Gasteiger partial charge in [0, 0.05) is 24.7 Å². The van der Waals surface area contributed by atoms with E-state index < -0.39 is 0 Å². The molecule has 1 atom stereocenters. The fourth-order valence-corrected chi connectivity index (χ4v) is 3.45. The van der Waals surface area contributed by atoms with E-state index in [2.05, 4.69) is 20.8 Å². The summed E-state index contributed by atoms with van der Waals surface area (Å²) < 4.78 is 6.91. The molecule has 3 aromatic rings. The van der Waals surface area contributed by atoms with Crippen LogP contribution in [0.5, 0.6) is 5.75 Å². The van der Waals surface area contributed by atoms with Crippen LogP contribution in [0.15, 0.2) is 54.6 Å². The van der Waals surface area contributed by atoms with Crippen molar-refractivity contribution < 1.29 is 9.53 Å². The Morgan fingerprint density at radius 2 is 1.93 bits per heavy atom. The maximum Gasteiger partial charge on any atom is 0.321 e. The van der Waals surface area contributed by atoms with Crippen LogP contribution in [-0.4, -0.2) is 51.3 Å². The van der Waals surface area contributed by atoms with Crippen molar-refractivity contribution in [1.29, 1.82) is 0 Å². The maximum absolute atomic E-state index is 12.7. The molecule has 0 radical (unpaired) electrons. The van der Waals surface area contributed by atoms with E-state index in [1.165, 1.54) is 0 Å². The van der Waals surface area contributed by atoms with Crippen molar-refractivity contribution in [3.63, 3.8) is 0 Å². The highest BCUT2D eigenvalue weighted by Crippen LogP contribution is 2.27. The molecule has 0 saturated carbocycles. The van der Waals surface area contributed by atoms with Crippen LogP contribution >= 0.6 is 0 Å². The van der Waals surface area contributed by atoms with E-state index in [0.717, 1.165) is 35.8 Å². The molecule has 1 aromatic heterocycles. The molecule has 1 unspecified atom stereocenters. The van der Waals surface area contributed by atoms with Gasteiger partial charge in [0.15, 0.2) is 5.82 Å². The van der Waals surface area contributed by atoms with E-state index in [-0.39, 0.29) is 11.9 Å². The molecule has 1 aliphatic heterocycles. The average Bonchev–Trinajstić information content (AvgIpc) is 3.25. The number of ether oxygens (including phenoxy) is 1. The monoisotopic (exact) mass is 378 g/mol. The van der Waals surface area contributed by atoms with Crippen LogP contribution in [0.4, 0.5) is 10.5 Å². The number of hydrogen-bond acceptors (Lipinski definition) is 5. The second-order valence-corrected chi connectivity index (χ2v) is 6.73. The SMILES string of the molecule is COc1ccc(NC(=O)N2CCCC(c3nnnn3-c3ccccc3)C2)cc1. The van der Waals surface area contributed by atoms with Crippen molar-refractivity contribution in [1.82, 2.24) is 25.1 Å². The molecule has 2 heterocycles. The number of hydrogen-bond donors (Lipinski definition) is 1. The number of likely N-dealkylation sites (tertiary alicyclic amines) is 1. The van der Waals surface area contributed by atoms with E-state index in [1.807, 2.05) is 59.5 Å². The van der Waals surface area contributed by atoms with Gasteiger partial charge in [0.05, 0.1) is 12.8 Å². The number of urea groups is 1.